The van der Waals surface area contributed by atoms with Gasteiger partial charge in [-0.15, -0.1) is 0 Å². The molecule has 1 aromatic rings. The second-order valence-corrected chi connectivity index (χ2v) is 8.03. The maximum absolute atomic E-state index is 12.3. The van der Waals surface area contributed by atoms with E-state index in [4.69, 9.17) is 11.6 Å². The third-order valence-corrected chi connectivity index (χ3v) is 5.58. The van der Waals surface area contributed by atoms with E-state index < -0.39 is 15.4 Å². The Hall–Kier alpha value is -1.34. The van der Waals surface area contributed by atoms with Crippen LogP contribution in [0.2, 0.25) is 5.02 Å². The summed E-state index contributed by atoms with van der Waals surface area (Å²) in [6, 6.07) is 1.56. The second-order valence-electron chi connectivity index (χ2n) is 5.44. The van der Waals surface area contributed by atoms with Crippen molar-refractivity contribution in [2.75, 3.05) is 23.4 Å². The molecule has 2 N–H and O–H groups in total. The first kappa shape index (κ1) is 16.0. The van der Waals surface area contributed by atoms with Gasteiger partial charge in [-0.1, -0.05) is 11.6 Å². The van der Waals surface area contributed by atoms with Gasteiger partial charge in [0.05, 0.1) is 27.6 Å². The molecule has 2 rings (SSSR count). The summed E-state index contributed by atoms with van der Waals surface area (Å²) in [5.41, 5.74) is -0.464. The lowest BCUT2D eigenvalue weighted by atomic mass is 10.0. The van der Waals surface area contributed by atoms with Gasteiger partial charge in [-0.3, -0.25) is 4.79 Å². The number of rotatable bonds is 4. The van der Waals surface area contributed by atoms with E-state index in [2.05, 4.69) is 15.6 Å². The van der Waals surface area contributed by atoms with Gasteiger partial charge in [0.1, 0.15) is 5.82 Å². The van der Waals surface area contributed by atoms with Crippen LogP contribution in [-0.4, -0.2) is 42.9 Å². The first-order chi connectivity index (χ1) is 9.75. The molecular formula is C13H18ClN3O3S. The summed E-state index contributed by atoms with van der Waals surface area (Å²) < 4.78 is 23.1. The Kier molecular flexibility index (Phi) is 4.43. The number of carbonyl (C=O) groups excluding carboxylic acids is 1. The summed E-state index contributed by atoms with van der Waals surface area (Å²) in [6.07, 6.45) is 1.81. The van der Waals surface area contributed by atoms with Crippen LogP contribution >= 0.6 is 11.6 Å². The number of pyridine rings is 1. The zero-order chi connectivity index (χ0) is 15.7. The van der Waals surface area contributed by atoms with Gasteiger partial charge in [0, 0.05) is 12.7 Å². The Balaban J connectivity index is 2.19. The van der Waals surface area contributed by atoms with Crippen molar-refractivity contribution in [3.63, 3.8) is 0 Å². The van der Waals surface area contributed by atoms with Gasteiger partial charge in [0.15, 0.2) is 9.84 Å². The number of sulfone groups is 1. The SMILES string of the molecule is CCNc1cc(C(=O)NC2(C)CCS(=O)(=O)C2)c(Cl)cn1. The fourth-order valence-corrected chi connectivity index (χ4v) is 4.62. The molecule has 1 aromatic heterocycles. The van der Waals surface area contributed by atoms with Crippen molar-refractivity contribution >= 4 is 33.2 Å². The average Bonchev–Trinajstić information content (AvgIpc) is 2.65. The first-order valence-corrected chi connectivity index (χ1v) is 8.87. The van der Waals surface area contributed by atoms with E-state index in [1.54, 1.807) is 13.0 Å². The van der Waals surface area contributed by atoms with Crippen LogP contribution in [0.15, 0.2) is 12.3 Å². The van der Waals surface area contributed by atoms with E-state index in [0.717, 1.165) is 0 Å². The summed E-state index contributed by atoms with van der Waals surface area (Å²) in [4.78, 5) is 16.4. The molecule has 0 bridgehead atoms. The predicted molar refractivity (Wildman–Crippen MR) is 82.6 cm³/mol. The normalized spacial score (nSPS) is 23.8. The molecule has 116 valence electrons. The molecule has 6 nitrogen and oxygen atoms in total. The highest BCUT2D eigenvalue weighted by atomic mass is 35.5. The summed E-state index contributed by atoms with van der Waals surface area (Å²) >= 11 is 6.01. The summed E-state index contributed by atoms with van der Waals surface area (Å²) in [5, 5.41) is 6.01. The number of nitrogens with one attached hydrogen (secondary N) is 2. The first-order valence-electron chi connectivity index (χ1n) is 6.67. The molecule has 2 heterocycles. The molecular weight excluding hydrogens is 314 g/mol. The van der Waals surface area contributed by atoms with Crippen molar-refractivity contribution in [1.82, 2.24) is 10.3 Å². The maximum atomic E-state index is 12.3. The molecule has 8 heteroatoms. The number of anilines is 1. The van der Waals surface area contributed by atoms with Crippen LogP contribution in [0.4, 0.5) is 5.82 Å². The minimum Gasteiger partial charge on any atom is -0.370 e. The molecule has 1 amide bonds. The molecule has 1 aliphatic heterocycles. The topological polar surface area (TPSA) is 88.2 Å². The van der Waals surface area contributed by atoms with E-state index in [9.17, 15) is 13.2 Å². The smallest absolute Gasteiger partial charge is 0.253 e. The highest BCUT2D eigenvalue weighted by Gasteiger charge is 2.39. The molecule has 1 saturated heterocycles. The number of aromatic nitrogens is 1. The zero-order valence-electron chi connectivity index (χ0n) is 11.9. The Morgan fingerprint density at radius 2 is 2.24 bits per heavy atom. The maximum Gasteiger partial charge on any atom is 0.253 e. The van der Waals surface area contributed by atoms with Gasteiger partial charge >= 0.3 is 0 Å². The molecule has 0 aromatic carbocycles. The molecule has 1 fully saturated rings. The molecule has 0 saturated carbocycles. The van der Waals surface area contributed by atoms with Crippen LogP contribution in [0, 0.1) is 0 Å². The number of hydrogen-bond donors (Lipinski definition) is 2. The van der Waals surface area contributed by atoms with Crippen molar-refractivity contribution in [2.24, 2.45) is 0 Å². The molecule has 0 spiro atoms. The Morgan fingerprint density at radius 3 is 2.81 bits per heavy atom. The van der Waals surface area contributed by atoms with E-state index >= 15 is 0 Å². The number of amides is 1. The van der Waals surface area contributed by atoms with E-state index in [1.165, 1.54) is 6.20 Å². The zero-order valence-corrected chi connectivity index (χ0v) is 13.5. The minimum absolute atomic E-state index is 0.0471. The van der Waals surface area contributed by atoms with Gasteiger partial charge < -0.3 is 10.6 Å². The Labute approximate surface area is 129 Å². The van der Waals surface area contributed by atoms with E-state index in [0.29, 0.717) is 18.8 Å². The third-order valence-electron chi connectivity index (χ3n) is 3.38. The van der Waals surface area contributed by atoms with Crippen LogP contribution in [-0.2, 0) is 9.84 Å². The Morgan fingerprint density at radius 1 is 1.52 bits per heavy atom. The number of hydrogen-bond acceptors (Lipinski definition) is 5. The van der Waals surface area contributed by atoms with Gasteiger partial charge in [0.25, 0.3) is 5.91 Å². The van der Waals surface area contributed by atoms with Gasteiger partial charge in [-0.2, -0.15) is 0 Å². The van der Waals surface area contributed by atoms with Crippen LogP contribution in [0.5, 0.6) is 0 Å². The van der Waals surface area contributed by atoms with Crippen LogP contribution in [0.25, 0.3) is 0 Å². The lowest BCUT2D eigenvalue weighted by molar-refractivity contribution is 0.0915. The van der Waals surface area contributed by atoms with E-state index in [-0.39, 0.29) is 28.0 Å². The van der Waals surface area contributed by atoms with Crippen molar-refractivity contribution < 1.29 is 13.2 Å². The number of carbonyl (C=O) groups is 1. The largest absolute Gasteiger partial charge is 0.370 e. The van der Waals surface area contributed by atoms with Crippen LogP contribution in [0.3, 0.4) is 0 Å². The minimum atomic E-state index is -3.08. The standard InChI is InChI=1S/C13H18ClN3O3S/c1-3-15-11-6-9(10(14)7-16-11)12(18)17-13(2)4-5-21(19,20)8-13/h6-7H,3-5,8H2,1-2H3,(H,15,16)(H,17,18). The van der Waals surface area contributed by atoms with Crippen molar-refractivity contribution in [2.45, 2.75) is 25.8 Å². The molecule has 0 aliphatic carbocycles. The fraction of sp³-hybridized carbons (Fsp3) is 0.538. The predicted octanol–water partition coefficient (Wildman–Crippen LogP) is 1.47. The highest BCUT2D eigenvalue weighted by molar-refractivity contribution is 7.91. The number of nitrogens with zero attached hydrogens (tertiary/aromatic N) is 1. The average molecular weight is 332 g/mol. The lowest BCUT2D eigenvalue weighted by Crippen LogP contribution is -2.47. The quantitative estimate of drug-likeness (QED) is 0.872. The van der Waals surface area contributed by atoms with Gasteiger partial charge in [-0.05, 0) is 26.3 Å². The highest BCUT2D eigenvalue weighted by Crippen LogP contribution is 2.25. The fourth-order valence-electron chi connectivity index (χ4n) is 2.34. The van der Waals surface area contributed by atoms with Crippen LogP contribution < -0.4 is 10.6 Å². The van der Waals surface area contributed by atoms with E-state index in [1.807, 2.05) is 6.92 Å². The molecule has 1 aliphatic rings. The van der Waals surface area contributed by atoms with Crippen molar-refractivity contribution in [1.29, 1.82) is 0 Å². The summed E-state index contributed by atoms with van der Waals surface area (Å²) in [5.74, 6) is 0.211. The Bertz CT molecular complexity index is 663. The monoisotopic (exact) mass is 331 g/mol. The summed E-state index contributed by atoms with van der Waals surface area (Å²) in [6.45, 7) is 4.32. The van der Waals surface area contributed by atoms with Crippen LogP contribution in [0.1, 0.15) is 30.6 Å². The van der Waals surface area contributed by atoms with Crippen molar-refractivity contribution in [3.05, 3.63) is 22.8 Å². The van der Waals surface area contributed by atoms with Gasteiger partial charge in [0.2, 0.25) is 0 Å². The second kappa shape index (κ2) is 5.81. The van der Waals surface area contributed by atoms with Crippen molar-refractivity contribution in [3.8, 4) is 0 Å². The third kappa shape index (κ3) is 3.85. The lowest BCUT2D eigenvalue weighted by Gasteiger charge is -2.24. The van der Waals surface area contributed by atoms with Gasteiger partial charge in [-0.25, -0.2) is 13.4 Å². The number of halogens is 1. The molecule has 1 unspecified atom stereocenters. The molecule has 1 atom stereocenters. The molecule has 21 heavy (non-hydrogen) atoms. The summed E-state index contributed by atoms with van der Waals surface area (Å²) in [7, 11) is -3.08. The molecule has 0 radical (unpaired) electrons.